The van der Waals surface area contributed by atoms with Crippen molar-refractivity contribution in [2.45, 2.75) is 19.9 Å². The number of nitrogens with two attached hydrogens (primary N) is 1. The number of primary amides is 1. The topological polar surface area (TPSA) is 85.4 Å². The number of aryl methyl sites for hydroxylation is 1. The van der Waals surface area contributed by atoms with Crippen LogP contribution in [0.2, 0.25) is 5.02 Å². The van der Waals surface area contributed by atoms with Crippen LogP contribution in [0.3, 0.4) is 0 Å². The summed E-state index contributed by atoms with van der Waals surface area (Å²) in [4.78, 5) is 38.5. The van der Waals surface area contributed by atoms with Gasteiger partial charge in [-0.1, -0.05) is 36.7 Å². The molecule has 0 unspecified atom stereocenters. The molecule has 0 saturated carbocycles. The van der Waals surface area contributed by atoms with E-state index in [1.165, 1.54) is 0 Å². The second-order valence-corrected chi connectivity index (χ2v) is 8.27. The van der Waals surface area contributed by atoms with Crippen LogP contribution in [-0.2, 0) is 22.6 Å². The number of carbonyl (C=O) groups is 3. The Bertz CT molecular complexity index is 1210. The SMILES string of the molecule is CCc1cccc2c(/C=C3\SC(=O)N(c4ccc(Cl)cc4)C3=O)cn(CC(N)=O)c12. The third-order valence-electron chi connectivity index (χ3n) is 4.88. The van der Waals surface area contributed by atoms with Crippen LogP contribution >= 0.6 is 23.4 Å². The smallest absolute Gasteiger partial charge is 0.298 e. The second-order valence-electron chi connectivity index (χ2n) is 6.84. The van der Waals surface area contributed by atoms with E-state index >= 15 is 0 Å². The van der Waals surface area contributed by atoms with E-state index in [9.17, 15) is 14.4 Å². The predicted molar refractivity (Wildman–Crippen MR) is 120 cm³/mol. The minimum absolute atomic E-state index is 0.0353. The fraction of sp³-hybridized carbons (Fsp3) is 0.136. The van der Waals surface area contributed by atoms with Gasteiger partial charge >= 0.3 is 0 Å². The molecule has 0 spiro atoms. The number of aromatic nitrogens is 1. The molecule has 152 valence electrons. The van der Waals surface area contributed by atoms with Crippen LogP contribution in [0.15, 0.2) is 53.6 Å². The lowest BCUT2D eigenvalue weighted by Crippen LogP contribution is -2.27. The molecule has 1 fully saturated rings. The third-order valence-corrected chi connectivity index (χ3v) is 6.01. The molecule has 1 saturated heterocycles. The molecule has 4 rings (SSSR count). The zero-order valence-electron chi connectivity index (χ0n) is 16.1. The van der Waals surface area contributed by atoms with Gasteiger partial charge in [0.25, 0.3) is 11.1 Å². The molecule has 0 aliphatic carbocycles. The van der Waals surface area contributed by atoms with Crippen LogP contribution in [0.4, 0.5) is 10.5 Å². The average molecular weight is 440 g/mol. The number of halogens is 1. The maximum Gasteiger partial charge on any atom is 0.298 e. The van der Waals surface area contributed by atoms with Crippen molar-refractivity contribution in [2.75, 3.05) is 4.90 Å². The highest BCUT2D eigenvalue weighted by molar-refractivity contribution is 8.19. The first-order valence-corrected chi connectivity index (χ1v) is 10.5. The monoisotopic (exact) mass is 439 g/mol. The number of anilines is 1. The van der Waals surface area contributed by atoms with Crippen LogP contribution in [0.25, 0.3) is 17.0 Å². The molecule has 1 aliphatic heterocycles. The number of carbonyl (C=O) groups excluding carboxylic acids is 3. The summed E-state index contributed by atoms with van der Waals surface area (Å²) in [5, 5.41) is 1.05. The van der Waals surface area contributed by atoms with Crippen molar-refractivity contribution in [3.63, 3.8) is 0 Å². The van der Waals surface area contributed by atoms with Gasteiger partial charge in [-0.3, -0.25) is 14.4 Å². The van der Waals surface area contributed by atoms with Crippen molar-refractivity contribution in [2.24, 2.45) is 5.73 Å². The molecule has 3 aromatic rings. The number of thioether (sulfide) groups is 1. The van der Waals surface area contributed by atoms with Gasteiger partial charge in [0, 0.05) is 22.2 Å². The number of benzene rings is 2. The normalized spacial score (nSPS) is 15.5. The molecule has 0 bridgehead atoms. The van der Waals surface area contributed by atoms with Crippen LogP contribution in [0.5, 0.6) is 0 Å². The fourth-order valence-electron chi connectivity index (χ4n) is 3.58. The summed E-state index contributed by atoms with van der Waals surface area (Å²) in [5.41, 5.74) is 8.62. The van der Waals surface area contributed by atoms with Crippen molar-refractivity contribution in [1.29, 1.82) is 0 Å². The number of hydrogen-bond donors (Lipinski definition) is 1. The van der Waals surface area contributed by atoms with Crippen LogP contribution in [0, 0.1) is 0 Å². The van der Waals surface area contributed by atoms with E-state index in [-0.39, 0.29) is 11.8 Å². The molecule has 6 nitrogen and oxygen atoms in total. The van der Waals surface area contributed by atoms with E-state index in [1.807, 2.05) is 25.1 Å². The van der Waals surface area contributed by atoms with Gasteiger partial charge in [0.05, 0.1) is 16.1 Å². The van der Waals surface area contributed by atoms with Gasteiger partial charge in [0.15, 0.2) is 0 Å². The number of rotatable bonds is 5. The minimum Gasteiger partial charge on any atom is -0.368 e. The second kappa shape index (κ2) is 8.01. The highest BCUT2D eigenvalue weighted by Crippen LogP contribution is 2.37. The van der Waals surface area contributed by atoms with Crippen LogP contribution < -0.4 is 10.6 Å². The van der Waals surface area contributed by atoms with E-state index in [0.29, 0.717) is 15.6 Å². The molecule has 1 aromatic heterocycles. The lowest BCUT2D eigenvalue weighted by molar-refractivity contribution is -0.118. The Morgan fingerprint density at radius 3 is 2.57 bits per heavy atom. The standard InChI is InChI=1S/C22H18ClN3O3S/c1-2-13-4-3-5-17-14(11-25(20(13)17)12-19(24)27)10-18-21(28)26(22(29)30-18)16-8-6-15(23)7-9-16/h3-11H,2,12H2,1H3,(H2,24,27)/b18-10-. The van der Waals surface area contributed by atoms with Gasteiger partial charge in [-0.25, -0.2) is 4.90 Å². The van der Waals surface area contributed by atoms with E-state index in [1.54, 1.807) is 41.1 Å². The van der Waals surface area contributed by atoms with E-state index in [0.717, 1.165) is 45.1 Å². The summed E-state index contributed by atoms with van der Waals surface area (Å²) in [5.74, 6) is -0.845. The number of imide groups is 1. The Balaban J connectivity index is 1.78. The number of hydrogen-bond acceptors (Lipinski definition) is 4. The average Bonchev–Trinajstić information content (AvgIpc) is 3.19. The van der Waals surface area contributed by atoms with Crippen molar-refractivity contribution in [3.8, 4) is 0 Å². The lowest BCUT2D eigenvalue weighted by atomic mass is 10.1. The first-order chi connectivity index (χ1) is 14.4. The third kappa shape index (κ3) is 3.62. The molecule has 3 amide bonds. The van der Waals surface area contributed by atoms with Gasteiger partial charge < -0.3 is 10.3 Å². The molecular weight excluding hydrogens is 422 g/mol. The van der Waals surface area contributed by atoms with Crippen LogP contribution in [0.1, 0.15) is 18.1 Å². The summed E-state index contributed by atoms with van der Waals surface area (Å²) in [6, 6.07) is 12.4. The summed E-state index contributed by atoms with van der Waals surface area (Å²) in [6.45, 7) is 2.07. The summed E-state index contributed by atoms with van der Waals surface area (Å²) >= 11 is 6.79. The predicted octanol–water partition coefficient (Wildman–Crippen LogP) is 4.58. The van der Waals surface area contributed by atoms with Crippen molar-refractivity contribution >= 4 is 63.1 Å². The van der Waals surface area contributed by atoms with Gasteiger partial charge in [-0.15, -0.1) is 0 Å². The van der Waals surface area contributed by atoms with Gasteiger partial charge in [-0.2, -0.15) is 0 Å². The molecule has 2 aromatic carbocycles. The molecule has 30 heavy (non-hydrogen) atoms. The highest BCUT2D eigenvalue weighted by atomic mass is 35.5. The van der Waals surface area contributed by atoms with E-state index < -0.39 is 11.8 Å². The Morgan fingerprint density at radius 1 is 1.17 bits per heavy atom. The Morgan fingerprint density at radius 2 is 1.90 bits per heavy atom. The Kier molecular flexibility index (Phi) is 5.40. The molecule has 1 aliphatic rings. The first-order valence-electron chi connectivity index (χ1n) is 9.31. The number of fused-ring (bicyclic) bond motifs is 1. The maximum absolute atomic E-state index is 13.0. The fourth-order valence-corrected chi connectivity index (χ4v) is 4.54. The summed E-state index contributed by atoms with van der Waals surface area (Å²) < 4.78 is 1.80. The Hall–Kier alpha value is -3.03. The largest absolute Gasteiger partial charge is 0.368 e. The van der Waals surface area contributed by atoms with E-state index in [2.05, 4.69) is 0 Å². The van der Waals surface area contributed by atoms with Crippen molar-refractivity contribution in [3.05, 3.63) is 69.7 Å². The van der Waals surface area contributed by atoms with Gasteiger partial charge in [0.1, 0.15) is 6.54 Å². The number of amides is 3. The quantitative estimate of drug-likeness (QED) is 0.589. The minimum atomic E-state index is -0.451. The molecule has 0 atom stereocenters. The van der Waals surface area contributed by atoms with Crippen LogP contribution in [-0.4, -0.2) is 21.6 Å². The highest BCUT2D eigenvalue weighted by Gasteiger charge is 2.36. The molecule has 2 heterocycles. The zero-order valence-corrected chi connectivity index (χ0v) is 17.7. The number of para-hydroxylation sites is 1. The lowest BCUT2D eigenvalue weighted by Gasteiger charge is -2.12. The molecular formula is C22H18ClN3O3S. The summed E-state index contributed by atoms with van der Waals surface area (Å²) in [7, 11) is 0. The maximum atomic E-state index is 13.0. The van der Waals surface area contributed by atoms with E-state index in [4.69, 9.17) is 17.3 Å². The number of nitrogens with zero attached hydrogens (tertiary/aromatic N) is 2. The summed E-state index contributed by atoms with van der Waals surface area (Å²) in [6.07, 6.45) is 4.28. The van der Waals surface area contributed by atoms with Crippen molar-refractivity contribution < 1.29 is 14.4 Å². The Labute approximate surface area is 182 Å². The first kappa shape index (κ1) is 20.3. The van der Waals surface area contributed by atoms with Gasteiger partial charge in [0.2, 0.25) is 5.91 Å². The molecule has 0 radical (unpaired) electrons. The zero-order chi connectivity index (χ0) is 21.4. The van der Waals surface area contributed by atoms with Gasteiger partial charge in [-0.05, 0) is 54.1 Å². The van der Waals surface area contributed by atoms with Crippen molar-refractivity contribution in [1.82, 2.24) is 4.57 Å². The molecule has 8 heteroatoms. The molecule has 2 N–H and O–H groups in total.